The highest BCUT2D eigenvalue weighted by Crippen LogP contribution is 2.31. The summed E-state index contributed by atoms with van der Waals surface area (Å²) in [4.78, 5) is 23.6. The Morgan fingerprint density at radius 3 is 2.25 bits per heavy atom. The molecule has 0 fully saturated rings. The number of hydrogen-bond donors (Lipinski definition) is 0. The summed E-state index contributed by atoms with van der Waals surface area (Å²) < 4.78 is 42.9. The van der Waals surface area contributed by atoms with Crippen molar-refractivity contribution in [2.45, 2.75) is 12.7 Å². The van der Waals surface area contributed by atoms with E-state index in [9.17, 15) is 22.8 Å². The molecule has 2 aromatic carbocycles. The van der Waals surface area contributed by atoms with Crippen LogP contribution < -0.4 is 9.64 Å². The highest BCUT2D eigenvalue weighted by Gasteiger charge is 2.30. The van der Waals surface area contributed by atoms with Crippen molar-refractivity contribution in [1.29, 1.82) is 0 Å². The van der Waals surface area contributed by atoms with Gasteiger partial charge in [0.25, 0.3) is 0 Å². The third-order valence-electron chi connectivity index (χ3n) is 3.41. The number of rotatable bonds is 6. The van der Waals surface area contributed by atoms with Crippen LogP contribution in [0.5, 0.6) is 5.75 Å². The third-order valence-corrected chi connectivity index (χ3v) is 3.41. The van der Waals surface area contributed by atoms with Gasteiger partial charge < -0.3 is 9.64 Å². The number of benzene rings is 2. The van der Waals surface area contributed by atoms with E-state index in [-0.39, 0.29) is 6.54 Å². The van der Waals surface area contributed by atoms with E-state index in [1.165, 1.54) is 36.3 Å². The van der Waals surface area contributed by atoms with Crippen LogP contribution in [-0.2, 0) is 17.5 Å². The summed E-state index contributed by atoms with van der Waals surface area (Å²) in [5.74, 6) is 0.375. The molecule has 0 saturated heterocycles. The van der Waals surface area contributed by atoms with Gasteiger partial charge in [0.15, 0.2) is 0 Å². The molecule has 0 atom stereocenters. The van der Waals surface area contributed by atoms with Gasteiger partial charge in [-0.15, -0.1) is 0 Å². The van der Waals surface area contributed by atoms with Crippen LogP contribution in [0.2, 0.25) is 0 Å². The van der Waals surface area contributed by atoms with Gasteiger partial charge in [0.1, 0.15) is 12.0 Å². The number of amides is 1. The Morgan fingerprint density at radius 1 is 1.08 bits per heavy atom. The lowest BCUT2D eigenvalue weighted by atomic mass is 10.1. The summed E-state index contributed by atoms with van der Waals surface area (Å²) in [7, 11) is 1.42. The molecular weight excluding hydrogens is 323 g/mol. The summed E-state index contributed by atoms with van der Waals surface area (Å²) >= 11 is 0. The first-order chi connectivity index (χ1) is 11.4. The number of hydrogen-bond acceptors (Lipinski definition) is 3. The van der Waals surface area contributed by atoms with Crippen molar-refractivity contribution in [3.63, 3.8) is 0 Å². The van der Waals surface area contributed by atoms with Crippen molar-refractivity contribution in [3.8, 4) is 5.75 Å². The zero-order chi connectivity index (χ0) is 17.7. The minimum absolute atomic E-state index is 0.0420. The molecule has 0 heterocycles. The van der Waals surface area contributed by atoms with Crippen LogP contribution in [0.4, 0.5) is 18.9 Å². The van der Waals surface area contributed by atoms with E-state index in [2.05, 4.69) is 0 Å². The molecule has 0 spiro atoms. The molecule has 0 bridgehead atoms. The SMILES string of the molecule is COc1ccc(C=O)cc1N(C=O)Cc1ccc(C(F)(F)F)cc1. The topological polar surface area (TPSA) is 46.6 Å². The molecule has 0 aliphatic carbocycles. The summed E-state index contributed by atoms with van der Waals surface area (Å²) in [6.45, 7) is 0.0420. The Labute approximate surface area is 136 Å². The van der Waals surface area contributed by atoms with Crippen LogP contribution in [0.1, 0.15) is 21.5 Å². The van der Waals surface area contributed by atoms with Crippen LogP contribution >= 0.6 is 0 Å². The van der Waals surface area contributed by atoms with Gasteiger partial charge in [-0.25, -0.2) is 0 Å². The number of carbonyl (C=O) groups is 2. The molecular formula is C17H14F3NO3. The van der Waals surface area contributed by atoms with Crippen molar-refractivity contribution in [1.82, 2.24) is 0 Å². The van der Waals surface area contributed by atoms with Crippen LogP contribution in [0, 0.1) is 0 Å². The zero-order valence-electron chi connectivity index (χ0n) is 12.7. The van der Waals surface area contributed by atoms with Crippen molar-refractivity contribution in [3.05, 3.63) is 59.2 Å². The molecule has 0 saturated carbocycles. The molecule has 4 nitrogen and oxygen atoms in total. The first kappa shape index (κ1) is 17.5. The number of ether oxygens (including phenoxy) is 1. The fraction of sp³-hybridized carbons (Fsp3) is 0.176. The fourth-order valence-corrected chi connectivity index (χ4v) is 2.18. The number of methoxy groups -OCH3 is 1. The molecule has 0 radical (unpaired) electrons. The second-order valence-electron chi connectivity index (χ2n) is 4.98. The average Bonchev–Trinajstić information content (AvgIpc) is 2.58. The van der Waals surface area contributed by atoms with E-state index >= 15 is 0 Å². The van der Waals surface area contributed by atoms with Crippen LogP contribution in [-0.4, -0.2) is 19.8 Å². The molecule has 24 heavy (non-hydrogen) atoms. The minimum atomic E-state index is -4.41. The quantitative estimate of drug-likeness (QED) is 0.755. The fourth-order valence-electron chi connectivity index (χ4n) is 2.18. The summed E-state index contributed by atoms with van der Waals surface area (Å²) in [5.41, 5.74) is 0.458. The standard InChI is InChI=1S/C17H14F3NO3/c1-24-16-7-4-13(10-22)8-15(16)21(11-23)9-12-2-5-14(6-3-12)17(18,19)20/h2-8,10-11H,9H2,1H3. The Morgan fingerprint density at radius 2 is 1.75 bits per heavy atom. The first-order valence-corrected chi connectivity index (χ1v) is 6.90. The Kier molecular flexibility index (Phi) is 5.23. The number of nitrogens with zero attached hydrogens (tertiary/aromatic N) is 1. The van der Waals surface area contributed by atoms with E-state index in [4.69, 9.17) is 4.74 Å². The van der Waals surface area contributed by atoms with Crippen LogP contribution in [0.15, 0.2) is 42.5 Å². The van der Waals surface area contributed by atoms with Crippen molar-refractivity contribution in [2.24, 2.45) is 0 Å². The Balaban J connectivity index is 2.30. The van der Waals surface area contributed by atoms with Crippen molar-refractivity contribution >= 4 is 18.4 Å². The minimum Gasteiger partial charge on any atom is -0.495 e. The van der Waals surface area contributed by atoms with Gasteiger partial charge in [0, 0.05) is 5.56 Å². The lowest BCUT2D eigenvalue weighted by Gasteiger charge is -2.21. The molecule has 0 aromatic heterocycles. The second kappa shape index (κ2) is 7.16. The number of halogens is 3. The first-order valence-electron chi connectivity index (χ1n) is 6.90. The van der Waals surface area contributed by atoms with E-state index < -0.39 is 11.7 Å². The Bertz CT molecular complexity index is 727. The number of aldehydes is 1. The van der Waals surface area contributed by atoms with Crippen molar-refractivity contribution in [2.75, 3.05) is 12.0 Å². The van der Waals surface area contributed by atoms with Crippen molar-refractivity contribution < 1.29 is 27.5 Å². The maximum absolute atomic E-state index is 12.6. The molecule has 7 heteroatoms. The summed E-state index contributed by atoms with van der Waals surface area (Å²) in [6.07, 6.45) is -3.25. The van der Waals surface area contributed by atoms with Gasteiger partial charge in [-0.3, -0.25) is 9.59 Å². The van der Waals surface area contributed by atoms with Gasteiger partial charge in [-0.2, -0.15) is 13.2 Å². The monoisotopic (exact) mass is 337 g/mol. The van der Waals surface area contributed by atoms with E-state index in [1.807, 2.05) is 0 Å². The smallest absolute Gasteiger partial charge is 0.416 e. The molecule has 1 amide bonds. The van der Waals surface area contributed by atoms with Crippen LogP contribution in [0.3, 0.4) is 0 Å². The summed E-state index contributed by atoms with van der Waals surface area (Å²) in [5, 5.41) is 0. The van der Waals surface area contributed by atoms with E-state index in [1.54, 1.807) is 6.07 Å². The van der Waals surface area contributed by atoms with Gasteiger partial charge in [-0.05, 0) is 35.9 Å². The lowest BCUT2D eigenvalue weighted by Crippen LogP contribution is -2.21. The van der Waals surface area contributed by atoms with Crippen LogP contribution in [0.25, 0.3) is 0 Å². The molecule has 0 N–H and O–H groups in total. The third kappa shape index (κ3) is 3.92. The Hall–Kier alpha value is -2.83. The number of carbonyl (C=O) groups excluding carboxylic acids is 2. The molecule has 0 aliphatic rings. The number of alkyl halides is 3. The molecule has 2 aromatic rings. The molecule has 2 rings (SSSR count). The highest BCUT2D eigenvalue weighted by atomic mass is 19.4. The predicted molar refractivity (Wildman–Crippen MR) is 82.1 cm³/mol. The highest BCUT2D eigenvalue weighted by molar-refractivity contribution is 5.84. The molecule has 126 valence electrons. The molecule has 0 aliphatic heterocycles. The van der Waals surface area contributed by atoms with Gasteiger partial charge in [0.05, 0.1) is 24.9 Å². The van der Waals surface area contributed by atoms with Gasteiger partial charge in [-0.1, -0.05) is 12.1 Å². The van der Waals surface area contributed by atoms with Gasteiger partial charge >= 0.3 is 6.18 Å². The van der Waals surface area contributed by atoms with E-state index in [0.717, 1.165) is 12.1 Å². The number of anilines is 1. The average molecular weight is 337 g/mol. The second-order valence-corrected chi connectivity index (χ2v) is 4.98. The summed E-state index contributed by atoms with van der Waals surface area (Å²) in [6, 6.07) is 9.07. The zero-order valence-corrected chi connectivity index (χ0v) is 12.7. The maximum atomic E-state index is 12.6. The molecule has 0 unspecified atom stereocenters. The van der Waals surface area contributed by atoms with Gasteiger partial charge in [0.2, 0.25) is 6.41 Å². The predicted octanol–water partition coefficient (Wildman–Crippen LogP) is 3.69. The normalized spacial score (nSPS) is 11.0. The van der Waals surface area contributed by atoms with E-state index in [0.29, 0.717) is 35.3 Å². The maximum Gasteiger partial charge on any atom is 0.416 e. The lowest BCUT2D eigenvalue weighted by molar-refractivity contribution is -0.137. The largest absolute Gasteiger partial charge is 0.495 e.